The second kappa shape index (κ2) is 8.21. The van der Waals surface area contributed by atoms with Gasteiger partial charge in [-0.2, -0.15) is 0 Å². The smallest absolute Gasteiger partial charge is 0.146 e. The Balaban J connectivity index is 1.74. The summed E-state index contributed by atoms with van der Waals surface area (Å²) in [5.74, 6) is 1.34. The molecule has 26 heavy (non-hydrogen) atoms. The van der Waals surface area contributed by atoms with Gasteiger partial charge in [0.25, 0.3) is 0 Å². The first-order valence-electron chi connectivity index (χ1n) is 9.40. The molecule has 0 saturated carbocycles. The van der Waals surface area contributed by atoms with Crippen molar-refractivity contribution in [3.05, 3.63) is 42.0 Å². The summed E-state index contributed by atoms with van der Waals surface area (Å²) in [4.78, 5) is 1.47. The maximum absolute atomic E-state index is 10.4. The van der Waals surface area contributed by atoms with E-state index in [1.54, 1.807) is 12.1 Å². The number of ether oxygens (including phenoxy) is 1. The minimum atomic E-state index is 0.112. The zero-order valence-electron chi connectivity index (χ0n) is 15.8. The van der Waals surface area contributed by atoms with Gasteiger partial charge in [0.15, 0.2) is 0 Å². The molecular formula is C21H27N3O2. The van der Waals surface area contributed by atoms with Gasteiger partial charge in [0.1, 0.15) is 28.2 Å². The van der Waals surface area contributed by atoms with Crippen LogP contribution in [0.25, 0.3) is 16.7 Å². The van der Waals surface area contributed by atoms with Gasteiger partial charge in [0.2, 0.25) is 0 Å². The molecule has 0 bridgehead atoms. The Labute approximate surface area is 154 Å². The molecule has 0 saturated heterocycles. The molecule has 1 N–H and O–H groups in total. The SMILES string of the molecule is CCCCC(CC)COc1ccc(-n2nc3ccc(C)cc3n2)c(O)c1. The van der Waals surface area contributed by atoms with Crippen LogP contribution in [0.4, 0.5) is 0 Å². The zero-order valence-corrected chi connectivity index (χ0v) is 15.8. The molecule has 2 aromatic carbocycles. The molecule has 1 unspecified atom stereocenters. The zero-order chi connectivity index (χ0) is 18.5. The van der Waals surface area contributed by atoms with Gasteiger partial charge in [-0.3, -0.25) is 0 Å². The first kappa shape index (κ1) is 18.2. The standard InChI is InChI=1S/C21H27N3O2/c1-4-6-7-16(5-2)14-26-17-9-11-20(21(25)13-17)24-22-18-10-8-15(3)12-19(18)23-24/h8-13,16,25H,4-7,14H2,1-3H3. The molecule has 0 radical (unpaired) electrons. The van der Waals surface area contributed by atoms with Crippen molar-refractivity contribution in [1.29, 1.82) is 0 Å². The topological polar surface area (TPSA) is 60.2 Å². The van der Waals surface area contributed by atoms with E-state index in [1.807, 2.05) is 31.2 Å². The predicted octanol–water partition coefficient (Wildman–Crippen LogP) is 5.03. The van der Waals surface area contributed by atoms with Gasteiger partial charge in [0, 0.05) is 6.07 Å². The number of benzene rings is 2. The molecule has 5 heteroatoms. The fraction of sp³-hybridized carbons (Fsp3) is 0.429. The highest BCUT2D eigenvalue weighted by Crippen LogP contribution is 2.27. The van der Waals surface area contributed by atoms with Gasteiger partial charge in [-0.15, -0.1) is 15.0 Å². The quantitative estimate of drug-likeness (QED) is 0.617. The van der Waals surface area contributed by atoms with Crippen LogP contribution in [0.3, 0.4) is 0 Å². The number of rotatable bonds is 8. The number of unbranched alkanes of at least 4 members (excludes halogenated alkanes) is 1. The number of hydrogen-bond acceptors (Lipinski definition) is 4. The lowest BCUT2D eigenvalue weighted by Crippen LogP contribution is -2.11. The highest BCUT2D eigenvalue weighted by Gasteiger charge is 2.12. The fourth-order valence-electron chi connectivity index (χ4n) is 3.01. The van der Waals surface area contributed by atoms with E-state index < -0.39 is 0 Å². The van der Waals surface area contributed by atoms with E-state index in [4.69, 9.17) is 4.74 Å². The van der Waals surface area contributed by atoms with Crippen molar-refractivity contribution in [2.45, 2.75) is 46.5 Å². The number of aromatic hydroxyl groups is 1. The van der Waals surface area contributed by atoms with E-state index in [0.29, 0.717) is 24.0 Å². The fourth-order valence-corrected chi connectivity index (χ4v) is 3.01. The average molecular weight is 353 g/mol. The molecule has 1 heterocycles. The first-order valence-corrected chi connectivity index (χ1v) is 9.40. The molecule has 0 aliphatic rings. The van der Waals surface area contributed by atoms with Crippen LogP contribution >= 0.6 is 0 Å². The predicted molar refractivity (Wildman–Crippen MR) is 104 cm³/mol. The number of aryl methyl sites for hydroxylation is 1. The number of fused-ring (bicyclic) bond motifs is 1. The highest BCUT2D eigenvalue weighted by molar-refractivity contribution is 5.74. The summed E-state index contributed by atoms with van der Waals surface area (Å²) in [5.41, 5.74) is 3.29. The van der Waals surface area contributed by atoms with E-state index in [-0.39, 0.29) is 5.75 Å². The van der Waals surface area contributed by atoms with Gasteiger partial charge in [0.05, 0.1) is 6.61 Å². The normalized spacial score (nSPS) is 12.4. The van der Waals surface area contributed by atoms with Crippen LogP contribution < -0.4 is 4.74 Å². The Bertz CT molecular complexity index is 873. The van der Waals surface area contributed by atoms with E-state index in [1.165, 1.54) is 24.1 Å². The van der Waals surface area contributed by atoms with E-state index in [9.17, 15) is 5.11 Å². The Morgan fingerprint density at radius 2 is 1.88 bits per heavy atom. The van der Waals surface area contributed by atoms with Crippen LogP contribution in [0.5, 0.6) is 11.5 Å². The molecule has 1 atom stereocenters. The van der Waals surface area contributed by atoms with Crippen LogP contribution in [0.1, 0.15) is 45.1 Å². The molecular weight excluding hydrogens is 326 g/mol. The summed E-state index contributed by atoms with van der Waals surface area (Å²) in [7, 11) is 0. The molecule has 0 fully saturated rings. The lowest BCUT2D eigenvalue weighted by atomic mass is 10.0. The summed E-state index contributed by atoms with van der Waals surface area (Å²) in [6.07, 6.45) is 4.72. The third-order valence-electron chi connectivity index (χ3n) is 4.73. The van der Waals surface area contributed by atoms with Crippen molar-refractivity contribution < 1.29 is 9.84 Å². The Morgan fingerprint density at radius 1 is 1.08 bits per heavy atom. The maximum atomic E-state index is 10.4. The second-order valence-corrected chi connectivity index (χ2v) is 6.86. The lowest BCUT2D eigenvalue weighted by molar-refractivity contribution is 0.232. The Hall–Kier alpha value is -2.56. The van der Waals surface area contributed by atoms with Crippen LogP contribution in [-0.2, 0) is 0 Å². The summed E-state index contributed by atoms with van der Waals surface area (Å²) >= 11 is 0. The van der Waals surface area contributed by atoms with Crippen LogP contribution in [-0.4, -0.2) is 26.7 Å². The van der Waals surface area contributed by atoms with Gasteiger partial charge in [-0.05, 0) is 49.1 Å². The maximum Gasteiger partial charge on any atom is 0.146 e. The Kier molecular flexibility index (Phi) is 5.76. The summed E-state index contributed by atoms with van der Waals surface area (Å²) in [6.45, 7) is 7.10. The molecule has 3 rings (SSSR count). The Morgan fingerprint density at radius 3 is 2.62 bits per heavy atom. The third kappa shape index (κ3) is 4.15. The molecule has 5 nitrogen and oxygen atoms in total. The van der Waals surface area contributed by atoms with Crippen molar-refractivity contribution >= 4 is 11.0 Å². The van der Waals surface area contributed by atoms with Crippen LogP contribution in [0.15, 0.2) is 36.4 Å². The molecule has 3 aromatic rings. The molecule has 0 aliphatic heterocycles. The summed E-state index contributed by atoms with van der Waals surface area (Å²) < 4.78 is 5.89. The number of nitrogens with zero attached hydrogens (tertiary/aromatic N) is 3. The van der Waals surface area contributed by atoms with Gasteiger partial charge < -0.3 is 9.84 Å². The lowest BCUT2D eigenvalue weighted by Gasteiger charge is -2.16. The van der Waals surface area contributed by atoms with Gasteiger partial charge >= 0.3 is 0 Å². The second-order valence-electron chi connectivity index (χ2n) is 6.86. The number of phenols is 1. The monoisotopic (exact) mass is 353 g/mol. The van der Waals surface area contributed by atoms with E-state index >= 15 is 0 Å². The molecule has 0 aliphatic carbocycles. The largest absolute Gasteiger partial charge is 0.505 e. The number of phenolic OH excluding ortho intramolecular Hbond substituents is 1. The van der Waals surface area contributed by atoms with E-state index in [0.717, 1.165) is 23.0 Å². The van der Waals surface area contributed by atoms with Crippen molar-refractivity contribution in [3.8, 4) is 17.2 Å². The molecule has 1 aromatic heterocycles. The minimum Gasteiger partial charge on any atom is -0.505 e. The minimum absolute atomic E-state index is 0.112. The van der Waals surface area contributed by atoms with Crippen molar-refractivity contribution in [2.24, 2.45) is 5.92 Å². The molecule has 0 spiro atoms. The summed E-state index contributed by atoms with van der Waals surface area (Å²) in [5, 5.41) is 19.3. The first-order chi connectivity index (χ1) is 12.6. The van der Waals surface area contributed by atoms with Crippen molar-refractivity contribution in [1.82, 2.24) is 15.0 Å². The molecule has 0 amide bonds. The third-order valence-corrected chi connectivity index (χ3v) is 4.73. The van der Waals surface area contributed by atoms with Crippen molar-refractivity contribution in [3.63, 3.8) is 0 Å². The molecule has 138 valence electrons. The van der Waals surface area contributed by atoms with Crippen LogP contribution in [0, 0.1) is 12.8 Å². The van der Waals surface area contributed by atoms with Gasteiger partial charge in [-0.25, -0.2) is 0 Å². The average Bonchev–Trinajstić information content (AvgIpc) is 3.04. The summed E-state index contributed by atoms with van der Waals surface area (Å²) in [6, 6.07) is 11.2. The van der Waals surface area contributed by atoms with Crippen LogP contribution in [0.2, 0.25) is 0 Å². The number of aromatic nitrogens is 3. The van der Waals surface area contributed by atoms with Gasteiger partial charge in [-0.1, -0.05) is 39.2 Å². The number of hydrogen-bond donors (Lipinski definition) is 1. The van der Waals surface area contributed by atoms with E-state index in [2.05, 4.69) is 24.0 Å². The van der Waals surface area contributed by atoms with Crippen molar-refractivity contribution in [2.75, 3.05) is 6.61 Å². The highest BCUT2D eigenvalue weighted by atomic mass is 16.5.